The number of hydrogen-bond acceptors (Lipinski definition) is 6. The first-order valence-electron chi connectivity index (χ1n) is 6.20. The molecule has 6 heteroatoms. The van der Waals surface area contributed by atoms with E-state index in [1.54, 1.807) is 18.9 Å². The Hall–Kier alpha value is -0.560. The molecule has 0 saturated carbocycles. The van der Waals surface area contributed by atoms with Crippen molar-refractivity contribution in [1.82, 2.24) is 0 Å². The lowest BCUT2D eigenvalue weighted by Gasteiger charge is -2.05. The zero-order valence-electron chi connectivity index (χ0n) is 11.4. The first-order chi connectivity index (χ1) is 9.72. The fourth-order valence-corrected chi connectivity index (χ4v) is 3.39. The molecule has 0 aromatic heterocycles. The van der Waals surface area contributed by atoms with Gasteiger partial charge in [0.1, 0.15) is 10.1 Å². The predicted octanol–water partition coefficient (Wildman–Crippen LogP) is 3.52. The van der Waals surface area contributed by atoms with Crippen molar-refractivity contribution < 1.29 is 14.3 Å². The normalized spacial score (nSPS) is 10.2. The van der Waals surface area contributed by atoms with Crippen molar-refractivity contribution in [3.63, 3.8) is 0 Å². The lowest BCUT2D eigenvalue weighted by Crippen LogP contribution is -2.10. The van der Waals surface area contributed by atoms with Crippen LogP contribution in [0.4, 0.5) is 0 Å². The molecule has 0 fully saturated rings. The standard InChI is InChI=1S/C14H18O3S3/c1-16-8-9-17-13(15)7-10-19-14(18)20-11-12-5-3-2-4-6-12/h2-6H,7-11H2,1H3. The van der Waals surface area contributed by atoms with Crippen LogP contribution in [0, 0.1) is 0 Å². The van der Waals surface area contributed by atoms with E-state index in [1.807, 2.05) is 18.2 Å². The van der Waals surface area contributed by atoms with Crippen molar-refractivity contribution in [1.29, 1.82) is 0 Å². The molecule has 20 heavy (non-hydrogen) atoms. The van der Waals surface area contributed by atoms with Gasteiger partial charge in [-0.3, -0.25) is 4.79 Å². The molecular weight excluding hydrogens is 312 g/mol. The molecule has 0 saturated heterocycles. The van der Waals surface area contributed by atoms with Gasteiger partial charge in [0.2, 0.25) is 0 Å². The molecule has 110 valence electrons. The van der Waals surface area contributed by atoms with Gasteiger partial charge in [-0.25, -0.2) is 0 Å². The van der Waals surface area contributed by atoms with Gasteiger partial charge in [0.15, 0.2) is 0 Å². The zero-order chi connectivity index (χ0) is 14.6. The average Bonchev–Trinajstić information content (AvgIpc) is 2.46. The van der Waals surface area contributed by atoms with E-state index in [4.69, 9.17) is 21.7 Å². The Morgan fingerprint density at radius 1 is 1.20 bits per heavy atom. The van der Waals surface area contributed by atoms with Crippen molar-refractivity contribution in [2.24, 2.45) is 0 Å². The Morgan fingerprint density at radius 2 is 1.95 bits per heavy atom. The third kappa shape index (κ3) is 8.58. The van der Waals surface area contributed by atoms with E-state index in [-0.39, 0.29) is 5.97 Å². The highest BCUT2D eigenvalue weighted by Gasteiger charge is 2.05. The van der Waals surface area contributed by atoms with Crippen LogP contribution in [0.5, 0.6) is 0 Å². The number of thiocarbonyl (C=S) groups is 1. The topological polar surface area (TPSA) is 35.5 Å². The molecule has 1 aromatic rings. The summed E-state index contributed by atoms with van der Waals surface area (Å²) in [6, 6.07) is 10.2. The average molecular weight is 330 g/mol. The minimum Gasteiger partial charge on any atom is -0.463 e. The largest absolute Gasteiger partial charge is 0.463 e. The van der Waals surface area contributed by atoms with E-state index in [1.165, 1.54) is 17.3 Å². The molecule has 0 bridgehead atoms. The first-order valence-corrected chi connectivity index (χ1v) is 8.58. The molecule has 1 aromatic carbocycles. The molecule has 3 nitrogen and oxygen atoms in total. The molecule has 0 unspecified atom stereocenters. The number of hydrogen-bond donors (Lipinski definition) is 0. The van der Waals surface area contributed by atoms with E-state index < -0.39 is 0 Å². The second kappa shape index (κ2) is 11.1. The molecular formula is C14H18O3S3. The highest BCUT2D eigenvalue weighted by Crippen LogP contribution is 2.22. The molecule has 0 N–H and O–H groups in total. The van der Waals surface area contributed by atoms with Crippen LogP contribution in [-0.4, -0.2) is 35.6 Å². The van der Waals surface area contributed by atoms with E-state index in [9.17, 15) is 4.79 Å². The van der Waals surface area contributed by atoms with Gasteiger partial charge in [-0.2, -0.15) is 0 Å². The number of esters is 1. The van der Waals surface area contributed by atoms with E-state index in [2.05, 4.69) is 12.1 Å². The summed E-state index contributed by atoms with van der Waals surface area (Å²) in [7, 11) is 1.58. The lowest BCUT2D eigenvalue weighted by atomic mass is 10.2. The Kier molecular flexibility index (Phi) is 9.74. The van der Waals surface area contributed by atoms with Crippen LogP contribution in [0.1, 0.15) is 12.0 Å². The zero-order valence-corrected chi connectivity index (χ0v) is 13.8. The molecule has 0 aliphatic rings. The highest BCUT2D eigenvalue weighted by molar-refractivity contribution is 8.46. The van der Waals surface area contributed by atoms with Crippen LogP contribution in [0.3, 0.4) is 0 Å². The van der Waals surface area contributed by atoms with Gasteiger partial charge >= 0.3 is 5.97 Å². The van der Waals surface area contributed by atoms with Gasteiger partial charge in [-0.15, -0.1) is 23.5 Å². The van der Waals surface area contributed by atoms with Crippen molar-refractivity contribution in [2.45, 2.75) is 12.2 Å². The van der Waals surface area contributed by atoms with Gasteiger partial charge in [-0.1, -0.05) is 42.5 Å². The number of methoxy groups -OCH3 is 1. The fraction of sp³-hybridized carbons (Fsp3) is 0.429. The van der Waals surface area contributed by atoms with Crippen LogP contribution in [0.2, 0.25) is 0 Å². The number of carbonyl (C=O) groups is 1. The van der Waals surface area contributed by atoms with Crippen molar-refractivity contribution >= 4 is 45.2 Å². The molecule has 1 rings (SSSR count). The molecule has 0 atom stereocenters. The number of carbonyl (C=O) groups excluding carboxylic acids is 1. The molecule has 0 spiro atoms. The van der Waals surface area contributed by atoms with Gasteiger partial charge in [0.05, 0.1) is 13.0 Å². The van der Waals surface area contributed by atoms with Crippen molar-refractivity contribution in [3.05, 3.63) is 35.9 Å². The smallest absolute Gasteiger partial charge is 0.306 e. The summed E-state index contributed by atoms with van der Waals surface area (Å²) in [6.45, 7) is 0.747. The van der Waals surface area contributed by atoms with Crippen molar-refractivity contribution in [3.8, 4) is 0 Å². The SMILES string of the molecule is COCCOC(=O)CCSC(=S)SCc1ccccc1. The maximum Gasteiger partial charge on any atom is 0.306 e. The number of rotatable bonds is 8. The third-order valence-electron chi connectivity index (χ3n) is 2.28. The quantitative estimate of drug-likeness (QED) is 0.412. The Labute approximate surface area is 133 Å². The minimum atomic E-state index is -0.203. The predicted molar refractivity (Wildman–Crippen MR) is 90.2 cm³/mol. The summed E-state index contributed by atoms with van der Waals surface area (Å²) in [4.78, 5) is 11.3. The van der Waals surface area contributed by atoms with Crippen LogP contribution in [-0.2, 0) is 20.0 Å². The van der Waals surface area contributed by atoms with Gasteiger partial charge in [0.25, 0.3) is 0 Å². The van der Waals surface area contributed by atoms with Gasteiger partial charge in [-0.05, 0) is 5.56 Å². The van der Waals surface area contributed by atoms with Gasteiger partial charge < -0.3 is 9.47 Å². The van der Waals surface area contributed by atoms with Gasteiger partial charge in [0, 0.05) is 18.6 Å². The molecule has 0 aliphatic carbocycles. The minimum absolute atomic E-state index is 0.203. The molecule has 0 aliphatic heterocycles. The Bertz CT molecular complexity index is 409. The Morgan fingerprint density at radius 3 is 2.65 bits per heavy atom. The van der Waals surface area contributed by atoms with Crippen LogP contribution in [0.15, 0.2) is 30.3 Å². The lowest BCUT2D eigenvalue weighted by molar-refractivity contribution is -0.144. The van der Waals surface area contributed by atoms with E-state index >= 15 is 0 Å². The summed E-state index contributed by atoms with van der Waals surface area (Å²) >= 11 is 8.42. The number of benzene rings is 1. The number of thioether (sulfide) groups is 2. The maximum absolute atomic E-state index is 11.3. The summed E-state index contributed by atoms with van der Waals surface area (Å²) in [5, 5.41) is 0. The summed E-state index contributed by atoms with van der Waals surface area (Å²) in [5.41, 5.74) is 1.25. The van der Waals surface area contributed by atoms with E-state index in [0.717, 1.165) is 9.28 Å². The van der Waals surface area contributed by atoms with Crippen LogP contribution >= 0.6 is 35.7 Å². The highest BCUT2D eigenvalue weighted by atomic mass is 32.2. The monoisotopic (exact) mass is 330 g/mol. The first kappa shape index (κ1) is 17.5. The summed E-state index contributed by atoms with van der Waals surface area (Å²) in [5.74, 6) is 1.32. The van der Waals surface area contributed by atoms with E-state index in [0.29, 0.717) is 25.4 Å². The molecule has 0 heterocycles. The van der Waals surface area contributed by atoms with Crippen molar-refractivity contribution in [2.75, 3.05) is 26.1 Å². The second-order valence-corrected chi connectivity index (χ2v) is 7.11. The molecule has 0 amide bonds. The molecule has 0 radical (unpaired) electrons. The second-order valence-electron chi connectivity index (χ2n) is 3.84. The maximum atomic E-state index is 11.3. The Balaban J connectivity index is 2.07. The van der Waals surface area contributed by atoms with Crippen LogP contribution in [0.25, 0.3) is 0 Å². The summed E-state index contributed by atoms with van der Waals surface area (Å²) < 4.78 is 10.6. The van der Waals surface area contributed by atoms with Crippen LogP contribution < -0.4 is 0 Å². The summed E-state index contributed by atoms with van der Waals surface area (Å²) in [6.07, 6.45) is 0.375. The third-order valence-corrected chi connectivity index (χ3v) is 5.05. The fourth-order valence-electron chi connectivity index (χ4n) is 1.29. The number of ether oxygens (including phenoxy) is 2.